The standard InChI is InChI=1S/C14H13ClO5S.C13H19N3O4/c1-21(19,20)8-5-6-9(10(15)7-8)14(18)13-11(16)3-2-4-12(13)17;1-5-10(6-2)14-12-11(15(17)18)7-8(3)9(4)13(12)16(19)20/h5-7,13H,2-4H2,1H3;7,10,14H,5-6H2,1-4H3. The molecule has 1 N–H and O–H groups in total. The molecule has 0 heterocycles. The van der Waals surface area contributed by atoms with Gasteiger partial charge < -0.3 is 5.32 Å². The molecule has 41 heavy (non-hydrogen) atoms. The molecule has 1 saturated carbocycles. The lowest BCUT2D eigenvalue weighted by Crippen LogP contribution is -2.35. The highest BCUT2D eigenvalue weighted by molar-refractivity contribution is 7.90. The number of nitrogens with zero attached hydrogens (tertiary/aromatic N) is 2. The summed E-state index contributed by atoms with van der Waals surface area (Å²) in [7, 11) is -3.44. The topological polar surface area (TPSA) is 184 Å². The number of hydrogen-bond donors (Lipinski definition) is 1. The van der Waals surface area contributed by atoms with Crippen LogP contribution in [-0.4, -0.2) is 47.9 Å². The number of benzene rings is 2. The quantitative estimate of drug-likeness (QED) is 0.163. The zero-order chi connectivity index (χ0) is 31.2. The second-order valence-electron chi connectivity index (χ2n) is 9.73. The van der Waals surface area contributed by atoms with E-state index in [1.165, 1.54) is 18.2 Å². The summed E-state index contributed by atoms with van der Waals surface area (Å²) in [5.41, 5.74) is 0.553. The van der Waals surface area contributed by atoms with Crippen LogP contribution in [0.4, 0.5) is 17.1 Å². The minimum atomic E-state index is -3.44. The van der Waals surface area contributed by atoms with E-state index in [2.05, 4.69) is 5.32 Å². The molecule has 12 nitrogen and oxygen atoms in total. The summed E-state index contributed by atoms with van der Waals surface area (Å²) in [5, 5.41) is 25.3. The van der Waals surface area contributed by atoms with Crippen molar-refractivity contribution >= 4 is 55.9 Å². The van der Waals surface area contributed by atoms with Gasteiger partial charge in [-0.2, -0.15) is 0 Å². The van der Waals surface area contributed by atoms with Gasteiger partial charge in [0.15, 0.2) is 32.9 Å². The predicted octanol–water partition coefficient (Wildman–Crippen LogP) is 5.58. The lowest BCUT2D eigenvalue weighted by atomic mass is 9.82. The fourth-order valence-corrected chi connectivity index (χ4v) is 5.36. The van der Waals surface area contributed by atoms with Gasteiger partial charge in [-0.05, 0) is 56.9 Å². The Balaban J connectivity index is 0.000000287. The number of nitrogens with one attached hydrogen (secondary N) is 1. The van der Waals surface area contributed by atoms with Crippen molar-refractivity contribution in [3.8, 4) is 0 Å². The summed E-state index contributed by atoms with van der Waals surface area (Å²) in [6, 6.07) is 4.99. The smallest absolute Gasteiger partial charge is 0.302 e. The average molecular weight is 610 g/mol. The van der Waals surface area contributed by atoms with Crippen molar-refractivity contribution in [3.63, 3.8) is 0 Å². The molecule has 2 aromatic carbocycles. The van der Waals surface area contributed by atoms with E-state index < -0.39 is 43.0 Å². The number of ketones is 3. The Morgan fingerprint density at radius 3 is 2.05 bits per heavy atom. The van der Waals surface area contributed by atoms with Crippen molar-refractivity contribution in [3.05, 3.63) is 66.2 Å². The van der Waals surface area contributed by atoms with Gasteiger partial charge in [-0.3, -0.25) is 34.6 Å². The van der Waals surface area contributed by atoms with E-state index in [0.29, 0.717) is 17.5 Å². The van der Waals surface area contributed by atoms with E-state index in [-0.39, 0.29) is 51.4 Å². The molecular weight excluding hydrogens is 578 g/mol. The van der Waals surface area contributed by atoms with Gasteiger partial charge in [0, 0.05) is 42.3 Å². The second kappa shape index (κ2) is 13.8. The van der Waals surface area contributed by atoms with Crippen LogP contribution in [0.3, 0.4) is 0 Å². The zero-order valence-corrected chi connectivity index (χ0v) is 24.9. The van der Waals surface area contributed by atoms with Crippen molar-refractivity contribution in [2.45, 2.75) is 70.7 Å². The van der Waals surface area contributed by atoms with Gasteiger partial charge in [-0.25, -0.2) is 8.42 Å². The zero-order valence-electron chi connectivity index (χ0n) is 23.4. The third-order valence-electron chi connectivity index (χ3n) is 6.89. The summed E-state index contributed by atoms with van der Waals surface area (Å²) < 4.78 is 22.8. The van der Waals surface area contributed by atoms with E-state index in [4.69, 9.17) is 11.6 Å². The van der Waals surface area contributed by atoms with Gasteiger partial charge >= 0.3 is 5.69 Å². The molecule has 0 unspecified atom stereocenters. The first kappa shape index (κ1) is 33.5. The SMILES string of the molecule is CCC(CC)Nc1c([N+](=O)[O-])cc(C)c(C)c1[N+](=O)[O-].CS(=O)(=O)c1ccc(C(=O)C2C(=O)CCCC2=O)c(Cl)c1. The average Bonchev–Trinajstić information content (AvgIpc) is 2.88. The number of anilines is 1. The lowest BCUT2D eigenvalue weighted by Gasteiger charge is -2.18. The summed E-state index contributed by atoms with van der Waals surface area (Å²) in [6.07, 6.45) is 3.34. The molecule has 2 aromatic rings. The maximum Gasteiger partial charge on any atom is 0.302 e. The van der Waals surface area contributed by atoms with Crippen LogP contribution in [0.5, 0.6) is 0 Å². The van der Waals surface area contributed by atoms with Crippen LogP contribution in [0, 0.1) is 40.0 Å². The molecule has 0 amide bonds. The molecule has 0 bridgehead atoms. The fourth-order valence-electron chi connectivity index (χ4n) is 4.37. The lowest BCUT2D eigenvalue weighted by molar-refractivity contribution is -0.392. The van der Waals surface area contributed by atoms with Crippen LogP contribution >= 0.6 is 11.6 Å². The molecule has 0 aromatic heterocycles. The highest BCUT2D eigenvalue weighted by atomic mass is 35.5. The summed E-state index contributed by atoms with van der Waals surface area (Å²) >= 11 is 5.94. The van der Waals surface area contributed by atoms with Crippen molar-refractivity contribution < 1.29 is 32.6 Å². The summed E-state index contributed by atoms with van der Waals surface area (Å²) in [5.74, 6) is -2.77. The molecular formula is C27H32ClN3O9S. The highest BCUT2D eigenvalue weighted by Gasteiger charge is 2.37. The number of aryl methyl sites for hydroxylation is 1. The number of halogens is 1. The number of sulfone groups is 1. The number of rotatable bonds is 9. The predicted molar refractivity (Wildman–Crippen MR) is 153 cm³/mol. The highest BCUT2D eigenvalue weighted by Crippen LogP contribution is 2.39. The normalized spacial score (nSPS) is 13.9. The van der Waals surface area contributed by atoms with Gasteiger partial charge in [0.25, 0.3) is 5.69 Å². The summed E-state index contributed by atoms with van der Waals surface area (Å²) in [4.78, 5) is 57.2. The number of hydrogen-bond acceptors (Lipinski definition) is 10. The maximum absolute atomic E-state index is 12.3. The Morgan fingerprint density at radius 1 is 1.05 bits per heavy atom. The molecule has 0 spiro atoms. The monoisotopic (exact) mass is 609 g/mol. The third-order valence-corrected chi connectivity index (χ3v) is 8.32. The number of nitro benzene ring substituents is 2. The van der Waals surface area contributed by atoms with Crippen LogP contribution in [0.25, 0.3) is 0 Å². The van der Waals surface area contributed by atoms with Crippen LogP contribution in [0.2, 0.25) is 5.02 Å². The van der Waals surface area contributed by atoms with E-state index >= 15 is 0 Å². The Bertz CT molecular complexity index is 1490. The van der Waals surface area contributed by atoms with Gasteiger partial charge in [0.1, 0.15) is 5.92 Å². The van der Waals surface area contributed by atoms with Crippen molar-refractivity contribution in [2.24, 2.45) is 5.92 Å². The van der Waals surface area contributed by atoms with Gasteiger partial charge in [0.05, 0.1) is 19.8 Å². The number of Topliss-reactive ketones (excluding diaryl/α,β-unsaturated/α-hetero) is 3. The van der Waals surface area contributed by atoms with Crippen LogP contribution in [0.1, 0.15) is 67.4 Å². The molecule has 1 fully saturated rings. The van der Waals surface area contributed by atoms with E-state index in [1.54, 1.807) is 13.8 Å². The van der Waals surface area contributed by atoms with E-state index in [1.807, 2.05) is 13.8 Å². The Labute approximate surface area is 242 Å². The molecule has 14 heteroatoms. The first-order valence-electron chi connectivity index (χ1n) is 12.8. The van der Waals surface area contributed by atoms with Crippen molar-refractivity contribution in [2.75, 3.05) is 11.6 Å². The minimum absolute atomic E-state index is 0.00216. The van der Waals surface area contributed by atoms with Gasteiger partial charge in [0.2, 0.25) is 0 Å². The van der Waals surface area contributed by atoms with Crippen LogP contribution in [0.15, 0.2) is 29.2 Å². The molecule has 1 aliphatic rings. The van der Waals surface area contributed by atoms with Crippen molar-refractivity contribution in [1.82, 2.24) is 0 Å². The number of carbonyl (C=O) groups is 3. The van der Waals surface area contributed by atoms with Crippen LogP contribution < -0.4 is 5.32 Å². The van der Waals surface area contributed by atoms with Gasteiger partial charge in [-0.1, -0.05) is 25.4 Å². The molecule has 1 aliphatic carbocycles. The number of nitro groups is 2. The molecule has 0 aliphatic heterocycles. The maximum atomic E-state index is 12.3. The number of carbonyl (C=O) groups excluding carboxylic acids is 3. The third kappa shape index (κ3) is 7.94. The molecule has 0 radical (unpaired) electrons. The Kier molecular flexibility index (Phi) is 11.2. The first-order chi connectivity index (χ1) is 19.0. The molecule has 3 rings (SSSR count). The molecule has 222 valence electrons. The van der Waals surface area contributed by atoms with Crippen LogP contribution in [-0.2, 0) is 19.4 Å². The fraction of sp³-hybridized carbons (Fsp3) is 0.444. The first-order valence-corrected chi connectivity index (χ1v) is 15.1. The van der Waals surface area contributed by atoms with E-state index in [9.17, 15) is 43.0 Å². The summed E-state index contributed by atoms with van der Waals surface area (Å²) in [6.45, 7) is 7.10. The molecule has 0 atom stereocenters. The van der Waals surface area contributed by atoms with Gasteiger partial charge in [-0.15, -0.1) is 0 Å². The van der Waals surface area contributed by atoms with E-state index in [0.717, 1.165) is 25.2 Å². The Hall–Kier alpha value is -3.71. The van der Waals surface area contributed by atoms with Crippen molar-refractivity contribution in [1.29, 1.82) is 0 Å². The molecule has 0 saturated heterocycles. The second-order valence-corrected chi connectivity index (χ2v) is 12.2. The Morgan fingerprint density at radius 2 is 1.61 bits per heavy atom. The largest absolute Gasteiger partial charge is 0.371 e. The minimum Gasteiger partial charge on any atom is -0.371 e.